The van der Waals surface area contributed by atoms with Crippen LogP contribution < -0.4 is 16.0 Å². The average Bonchev–Trinajstić information content (AvgIpc) is 3.29. The lowest BCUT2D eigenvalue weighted by Gasteiger charge is -2.15. The Morgan fingerprint density at radius 1 is 1.33 bits per heavy atom. The number of hydrogen-bond acceptors (Lipinski definition) is 5. The molecule has 3 N–H and O–H groups in total. The summed E-state index contributed by atoms with van der Waals surface area (Å²) in [5, 5.41) is 9.26. The topological polar surface area (TPSA) is 78.9 Å². The number of likely N-dealkylation sites (N-methyl/N-ethyl adjacent to an activating group) is 1. The molecule has 1 unspecified atom stereocenters. The molecule has 6 nitrogen and oxygen atoms in total. The lowest BCUT2D eigenvalue weighted by atomic mass is 10.3. The second kappa shape index (κ2) is 7.24. The minimum Gasteiger partial charge on any atom is -0.370 e. The maximum atomic E-state index is 11.8. The van der Waals surface area contributed by atoms with Crippen molar-refractivity contribution in [3.8, 4) is 0 Å². The van der Waals surface area contributed by atoms with Crippen LogP contribution in [0, 0.1) is 0 Å². The molecule has 1 fully saturated rings. The smallest absolute Gasteiger partial charge is 0.242 e. The normalized spacial score (nSPS) is 15.4. The van der Waals surface area contributed by atoms with Crippen LogP contribution in [-0.2, 0) is 4.79 Å². The highest BCUT2D eigenvalue weighted by atomic mass is 16.2. The predicted molar refractivity (Wildman–Crippen MR) is 84.6 cm³/mol. The number of hydrogen-bond donors (Lipinski definition) is 3. The largest absolute Gasteiger partial charge is 0.370 e. The van der Waals surface area contributed by atoms with E-state index in [0.717, 1.165) is 37.4 Å². The molecule has 0 bridgehead atoms. The van der Waals surface area contributed by atoms with Gasteiger partial charge in [0, 0.05) is 25.1 Å². The van der Waals surface area contributed by atoms with Gasteiger partial charge in [0.15, 0.2) is 0 Å². The first-order valence-electron chi connectivity index (χ1n) is 7.81. The van der Waals surface area contributed by atoms with Gasteiger partial charge in [0.2, 0.25) is 5.91 Å². The number of carbonyl (C=O) groups is 1. The lowest BCUT2D eigenvalue weighted by molar-refractivity contribution is -0.121. The number of rotatable bonds is 8. The van der Waals surface area contributed by atoms with Crippen molar-refractivity contribution in [2.75, 3.05) is 23.7 Å². The van der Waals surface area contributed by atoms with E-state index >= 15 is 0 Å². The third-order valence-electron chi connectivity index (χ3n) is 3.35. The number of carbonyl (C=O) groups excluding carboxylic acids is 1. The zero-order valence-corrected chi connectivity index (χ0v) is 13.1. The second-order valence-corrected chi connectivity index (χ2v) is 5.46. The summed E-state index contributed by atoms with van der Waals surface area (Å²) in [5.41, 5.74) is 0. The van der Waals surface area contributed by atoms with E-state index in [2.05, 4.69) is 32.8 Å². The predicted octanol–water partition coefficient (Wildman–Crippen LogP) is 2.11. The molecular weight excluding hydrogens is 266 g/mol. The second-order valence-electron chi connectivity index (χ2n) is 5.46. The Morgan fingerprint density at radius 2 is 2.05 bits per heavy atom. The van der Waals surface area contributed by atoms with Gasteiger partial charge in [-0.25, -0.2) is 9.97 Å². The van der Waals surface area contributed by atoms with Crippen LogP contribution in [0.5, 0.6) is 0 Å². The van der Waals surface area contributed by atoms with E-state index in [-0.39, 0.29) is 11.9 Å². The number of nitrogens with one attached hydrogen (secondary N) is 3. The Bertz CT molecular complexity index is 487. The molecule has 116 valence electrons. The molecule has 1 aromatic heterocycles. The number of amides is 1. The van der Waals surface area contributed by atoms with Gasteiger partial charge >= 0.3 is 0 Å². The van der Waals surface area contributed by atoms with E-state index in [0.29, 0.717) is 18.3 Å². The van der Waals surface area contributed by atoms with E-state index < -0.39 is 0 Å². The van der Waals surface area contributed by atoms with Crippen molar-refractivity contribution in [3.63, 3.8) is 0 Å². The third-order valence-corrected chi connectivity index (χ3v) is 3.35. The van der Waals surface area contributed by atoms with Gasteiger partial charge in [-0.3, -0.25) is 4.79 Å². The van der Waals surface area contributed by atoms with Crippen LogP contribution >= 0.6 is 0 Å². The number of anilines is 2. The summed E-state index contributed by atoms with van der Waals surface area (Å²) in [5.74, 6) is 2.88. The number of nitrogens with zero attached hydrogens (tertiary/aromatic N) is 2. The van der Waals surface area contributed by atoms with Gasteiger partial charge in [-0.2, -0.15) is 0 Å². The first kappa shape index (κ1) is 15.5. The molecule has 0 saturated heterocycles. The Morgan fingerprint density at radius 3 is 2.67 bits per heavy atom. The number of aromatic nitrogens is 2. The fourth-order valence-electron chi connectivity index (χ4n) is 2.02. The Kier molecular flexibility index (Phi) is 5.36. The SMILES string of the molecule is CCCNc1cc(NC(C)C(=O)NCC)nc(C2CC2)n1. The summed E-state index contributed by atoms with van der Waals surface area (Å²) in [6.07, 6.45) is 3.35. The van der Waals surface area contributed by atoms with Crippen molar-refractivity contribution in [1.82, 2.24) is 15.3 Å². The zero-order chi connectivity index (χ0) is 15.2. The van der Waals surface area contributed by atoms with Crippen molar-refractivity contribution in [2.24, 2.45) is 0 Å². The summed E-state index contributed by atoms with van der Waals surface area (Å²) in [6.45, 7) is 7.38. The molecule has 1 atom stereocenters. The van der Waals surface area contributed by atoms with Gasteiger partial charge in [0.05, 0.1) is 0 Å². The van der Waals surface area contributed by atoms with Gasteiger partial charge in [-0.05, 0) is 33.1 Å². The van der Waals surface area contributed by atoms with Crippen LogP contribution in [0.4, 0.5) is 11.6 Å². The molecule has 6 heteroatoms. The van der Waals surface area contributed by atoms with Crippen LogP contribution in [0.3, 0.4) is 0 Å². The zero-order valence-electron chi connectivity index (χ0n) is 13.1. The quantitative estimate of drug-likeness (QED) is 0.683. The van der Waals surface area contributed by atoms with E-state index in [4.69, 9.17) is 0 Å². The van der Waals surface area contributed by atoms with Crippen LogP contribution in [0.1, 0.15) is 51.8 Å². The molecule has 0 aliphatic heterocycles. The van der Waals surface area contributed by atoms with Crippen LogP contribution in [0.25, 0.3) is 0 Å². The van der Waals surface area contributed by atoms with Gasteiger partial charge < -0.3 is 16.0 Å². The minimum atomic E-state index is -0.314. The first-order valence-corrected chi connectivity index (χ1v) is 7.81. The van der Waals surface area contributed by atoms with Gasteiger partial charge in [-0.1, -0.05) is 6.92 Å². The van der Waals surface area contributed by atoms with Crippen LogP contribution in [0.15, 0.2) is 6.07 Å². The average molecular weight is 291 g/mol. The molecule has 21 heavy (non-hydrogen) atoms. The first-order chi connectivity index (χ1) is 10.1. The van der Waals surface area contributed by atoms with Crippen molar-refractivity contribution in [1.29, 1.82) is 0 Å². The van der Waals surface area contributed by atoms with Crippen molar-refractivity contribution in [2.45, 2.75) is 52.0 Å². The summed E-state index contributed by atoms with van der Waals surface area (Å²) in [4.78, 5) is 20.9. The maximum absolute atomic E-state index is 11.8. The molecule has 0 aromatic carbocycles. The highest BCUT2D eigenvalue weighted by Gasteiger charge is 2.27. The Hall–Kier alpha value is -1.85. The minimum absolute atomic E-state index is 0.0212. The summed E-state index contributed by atoms with van der Waals surface area (Å²) in [6, 6.07) is 1.56. The van der Waals surface area contributed by atoms with Gasteiger partial charge in [0.1, 0.15) is 23.5 Å². The van der Waals surface area contributed by atoms with Crippen LogP contribution in [-0.4, -0.2) is 35.0 Å². The van der Waals surface area contributed by atoms with E-state index in [1.54, 1.807) is 0 Å². The van der Waals surface area contributed by atoms with Gasteiger partial charge in [0.25, 0.3) is 0 Å². The lowest BCUT2D eigenvalue weighted by Crippen LogP contribution is -2.37. The van der Waals surface area contributed by atoms with Crippen LogP contribution in [0.2, 0.25) is 0 Å². The Labute approximate surface area is 126 Å². The maximum Gasteiger partial charge on any atom is 0.242 e. The standard InChI is InChI=1S/C15H25N5O/c1-4-8-17-12-9-13(18-10(3)15(21)16-5-2)20-14(19-12)11-6-7-11/h9-11H,4-8H2,1-3H3,(H,16,21)(H2,17,18,19,20). The molecular formula is C15H25N5O. The molecule has 2 rings (SSSR count). The molecule has 1 aromatic rings. The highest BCUT2D eigenvalue weighted by Crippen LogP contribution is 2.38. The Balaban J connectivity index is 2.09. The molecule has 1 amide bonds. The third kappa shape index (κ3) is 4.58. The molecule has 0 radical (unpaired) electrons. The van der Waals surface area contributed by atoms with Crippen molar-refractivity contribution in [3.05, 3.63) is 11.9 Å². The summed E-state index contributed by atoms with van der Waals surface area (Å²) in [7, 11) is 0. The summed E-state index contributed by atoms with van der Waals surface area (Å²) < 4.78 is 0. The van der Waals surface area contributed by atoms with E-state index in [1.165, 1.54) is 0 Å². The molecule has 1 aliphatic rings. The fraction of sp³-hybridized carbons (Fsp3) is 0.667. The molecule has 0 spiro atoms. The van der Waals surface area contributed by atoms with Crippen molar-refractivity contribution < 1.29 is 4.79 Å². The fourth-order valence-corrected chi connectivity index (χ4v) is 2.02. The molecule has 1 saturated carbocycles. The van der Waals surface area contributed by atoms with E-state index in [9.17, 15) is 4.79 Å². The monoisotopic (exact) mass is 291 g/mol. The van der Waals surface area contributed by atoms with E-state index in [1.807, 2.05) is 19.9 Å². The summed E-state index contributed by atoms with van der Waals surface area (Å²) >= 11 is 0. The molecule has 1 aliphatic carbocycles. The van der Waals surface area contributed by atoms with Crippen molar-refractivity contribution >= 4 is 17.5 Å². The molecule has 1 heterocycles. The highest BCUT2D eigenvalue weighted by molar-refractivity contribution is 5.83. The van der Waals surface area contributed by atoms with Gasteiger partial charge in [-0.15, -0.1) is 0 Å².